The van der Waals surface area contributed by atoms with Crippen molar-refractivity contribution in [2.24, 2.45) is 11.7 Å². The molecule has 2 unspecified atom stereocenters. The van der Waals surface area contributed by atoms with E-state index >= 15 is 0 Å². The Balaban J connectivity index is 0.00000160. The lowest BCUT2D eigenvalue weighted by Gasteiger charge is -2.40. The lowest BCUT2D eigenvalue weighted by Crippen LogP contribution is -2.62. The molecule has 3 heterocycles. The molecular weight excluding hydrogens is 614 g/mol. The highest BCUT2D eigenvalue weighted by atomic mass is 32.1. The normalized spacial score (nSPS) is 19.0. The highest BCUT2D eigenvalue weighted by Gasteiger charge is 2.40. The van der Waals surface area contributed by atoms with Crippen molar-refractivity contribution >= 4 is 41.2 Å². The Hall–Kier alpha value is -4.42. The van der Waals surface area contributed by atoms with Crippen molar-refractivity contribution in [2.75, 3.05) is 39.8 Å². The minimum absolute atomic E-state index is 0.0674. The number of ketones is 1. The predicted molar refractivity (Wildman–Crippen MR) is 183 cm³/mol. The molecule has 0 aliphatic carbocycles. The molecular formula is C35H45N7O4S. The summed E-state index contributed by atoms with van der Waals surface area (Å²) in [4.78, 5) is 63.8. The van der Waals surface area contributed by atoms with E-state index in [4.69, 9.17) is 5.41 Å². The Morgan fingerprint density at radius 2 is 1.79 bits per heavy atom. The first-order valence-corrected chi connectivity index (χ1v) is 16.9. The average molecular weight is 660 g/mol. The van der Waals surface area contributed by atoms with Crippen molar-refractivity contribution in [2.45, 2.75) is 50.6 Å². The molecule has 2 aromatic carbocycles. The Bertz CT molecular complexity index is 1460. The van der Waals surface area contributed by atoms with E-state index in [1.807, 2.05) is 48.5 Å². The van der Waals surface area contributed by atoms with Crippen LogP contribution in [0.4, 0.5) is 0 Å². The number of thiazole rings is 1. The lowest BCUT2D eigenvalue weighted by atomic mass is 9.90. The van der Waals surface area contributed by atoms with Gasteiger partial charge in [0.05, 0.1) is 18.9 Å². The van der Waals surface area contributed by atoms with Gasteiger partial charge >= 0.3 is 0 Å². The molecule has 2 aliphatic heterocycles. The minimum atomic E-state index is -0.804. The number of amides is 3. The molecule has 0 saturated carbocycles. The van der Waals surface area contributed by atoms with E-state index in [1.165, 1.54) is 21.8 Å². The van der Waals surface area contributed by atoms with Crippen LogP contribution >= 0.6 is 11.3 Å². The predicted octanol–water partition coefficient (Wildman–Crippen LogP) is 3.01. The average Bonchev–Trinajstić information content (AvgIpc) is 3.61. The number of hydrogen-bond acceptors (Lipinski definition) is 8. The van der Waals surface area contributed by atoms with Gasteiger partial charge in [0, 0.05) is 31.1 Å². The molecule has 4 N–H and O–H groups in total. The standard InChI is InChI=1S/C34H41N5O4S.CH4N2/c1-37-17-8-15-27(22-37)20-28(32(42)33-35-16-19-44-33)36-30(40)23-39-29(21-26-12-6-3-7-13-26)34(43)38(24-31(39)41)18-9-14-25-10-4-2-5-11-25;2-1-3/h2-7,10-13,16,19,27-29H,8-9,14-15,17-18,20-24H2,1H3,(H,36,40);1H,(H3,2,3)/t27?,28-,29?;/m0./s1. The van der Waals surface area contributed by atoms with Gasteiger partial charge in [0.25, 0.3) is 0 Å². The highest BCUT2D eigenvalue weighted by molar-refractivity contribution is 7.11. The second kappa shape index (κ2) is 18.1. The van der Waals surface area contributed by atoms with Gasteiger partial charge in [-0.1, -0.05) is 60.7 Å². The van der Waals surface area contributed by atoms with E-state index in [1.54, 1.807) is 16.5 Å². The van der Waals surface area contributed by atoms with Crippen molar-refractivity contribution in [1.29, 1.82) is 5.41 Å². The summed E-state index contributed by atoms with van der Waals surface area (Å²) < 4.78 is 0. The molecule has 3 aromatic rings. The molecule has 2 saturated heterocycles. The fourth-order valence-electron chi connectivity index (χ4n) is 6.31. The third-order valence-electron chi connectivity index (χ3n) is 8.53. The maximum absolute atomic E-state index is 13.8. The molecule has 12 heteroatoms. The number of carbonyl (C=O) groups is 4. The summed E-state index contributed by atoms with van der Waals surface area (Å²) in [5.74, 6) is -0.822. The van der Waals surface area contributed by atoms with E-state index in [9.17, 15) is 19.2 Å². The molecule has 47 heavy (non-hydrogen) atoms. The van der Waals surface area contributed by atoms with Gasteiger partial charge in [0.1, 0.15) is 12.6 Å². The van der Waals surface area contributed by atoms with E-state index in [-0.39, 0.29) is 36.6 Å². The first kappa shape index (κ1) is 35.4. The van der Waals surface area contributed by atoms with Crippen molar-refractivity contribution in [3.05, 3.63) is 88.4 Å². The molecule has 2 aliphatic rings. The molecule has 250 valence electrons. The van der Waals surface area contributed by atoms with Gasteiger partial charge < -0.3 is 25.8 Å². The van der Waals surface area contributed by atoms with Crippen molar-refractivity contribution < 1.29 is 19.2 Å². The van der Waals surface area contributed by atoms with Crippen LogP contribution in [0.2, 0.25) is 0 Å². The number of likely N-dealkylation sites (tertiary alicyclic amines) is 1. The highest BCUT2D eigenvalue weighted by Crippen LogP contribution is 2.23. The molecule has 3 atom stereocenters. The molecule has 3 amide bonds. The second-order valence-electron chi connectivity index (χ2n) is 12.1. The first-order chi connectivity index (χ1) is 22.8. The second-order valence-corrected chi connectivity index (χ2v) is 13.0. The van der Waals surface area contributed by atoms with Crippen LogP contribution in [0, 0.1) is 11.3 Å². The van der Waals surface area contributed by atoms with Crippen LogP contribution < -0.4 is 11.1 Å². The summed E-state index contributed by atoms with van der Waals surface area (Å²) >= 11 is 1.26. The third-order valence-corrected chi connectivity index (χ3v) is 9.32. The van der Waals surface area contributed by atoms with Crippen LogP contribution in [0.25, 0.3) is 0 Å². The first-order valence-electron chi connectivity index (χ1n) is 16.1. The lowest BCUT2D eigenvalue weighted by molar-refractivity contribution is -0.157. The van der Waals surface area contributed by atoms with E-state index in [2.05, 4.69) is 40.1 Å². The Morgan fingerprint density at radius 3 is 2.43 bits per heavy atom. The fourth-order valence-corrected chi connectivity index (χ4v) is 6.94. The smallest absolute Gasteiger partial charge is 0.246 e. The number of rotatable bonds is 13. The van der Waals surface area contributed by atoms with Gasteiger partial charge in [-0.25, -0.2) is 4.98 Å². The third kappa shape index (κ3) is 10.5. The van der Waals surface area contributed by atoms with E-state index in [0.29, 0.717) is 24.4 Å². The van der Waals surface area contributed by atoms with Crippen LogP contribution in [0.15, 0.2) is 72.2 Å². The molecule has 1 aromatic heterocycles. The van der Waals surface area contributed by atoms with Gasteiger partial charge in [-0.3, -0.25) is 24.6 Å². The van der Waals surface area contributed by atoms with Crippen LogP contribution in [0.3, 0.4) is 0 Å². The van der Waals surface area contributed by atoms with E-state index < -0.39 is 18.0 Å². The monoisotopic (exact) mass is 659 g/mol. The van der Waals surface area contributed by atoms with Crippen LogP contribution in [0.5, 0.6) is 0 Å². The maximum atomic E-state index is 13.8. The summed E-state index contributed by atoms with van der Waals surface area (Å²) in [5.41, 5.74) is 6.48. The van der Waals surface area contributed by atoms with Crippen LogP contribution in [-0.2, 0) is 27.2 Å². The number of aromatic nitrogens is 1. The van der Waals surface area contributed by atoms with Gasteiger partial charge in [-0.15, -0.1) is 11.3 Å². The van der Waals surface area contributed by atoms with Crippen molar-refractivity contribution in [1.82, 2.24) is 25.0 Å². The number of Topliss-reactive ketones (excluding diaryl/α,β-unsaturated/α-hetero) is 1. The maximum Gasteiger partial charge on any atom is 0.246 e. The summed E-state index contributed by atoms with van der Waals surface area (Å²) in [5, 5.41) is 10.9. The molecule has 0 radical (unpaired) electrons. The number of nitrogens with two attached hydrogens (primary N) is 1. The molecule has 11 nitrogen and oxygen atoms in total. The van der Waals surface area contributed by atoms with Crippen LogP contribution in [0.1, 0.15) is 46.6 Å². The topological polar surface area (TPSA) is 153 Å². The summed E-state index contributed by atoms with van der Waals surface area (Å²) in [7, 11) is 2.07. The summed E-state index contributed by atoms with van der Waals surface area (Å²) in [6, 6.07) is 18.1. The molecule has 0 spiro atoms. The Morgan fingerprint density at radius 1 is 1.11 bits per heavy atom. The number of carbonyl (C=O) groups excluding carboxylic acids is 4. The van der Waals surface area contributed by atoms with Gasteiger partial charge in [-0.05, 0) is 62.7 Å². The molecule has 5 rings (SSSR count). The largest absolute Gasteiger partial charge is 0.390 e. The van der Waals surface area contributed by atoms with Crippen molar-refractivity contribution in [3.8, 4) is 0 Å². The van der Waals surface area contributed by atoms with Gasteiger partial charge in [-0.2, -0.15) is 0 Å². The molecule has 0 bridgehead atoms. The molecule has 2 fully saturated rings. The zero-order chi connectivity index (χ0) is 33.6. The summed E-state index contributed by atoms with van der Waals surface area (Å²) in [6.07, 6.45) is 6.72. The SMILES string of the molecule is CN1CCCC(C[C@H](NC(=O)CN2C(=O)CN(CCCc3ccccc3)C(=O)C2Cc2ccccc2)C(=O)c2nccs2)C1.N=CN. The minimum Gasteiger partial charge on any atom is -0.390 e. The quantitative estimate of drug-likeness (QED) is 0.145. The Kier molecular flexibility index (Phi) is 13.6. The number of benzene rings is 2. The zero-order valence-corrected chi connectivity index (χ0v) is 27.7. The number of piperidine rings is 1. The van der Waals surface area contributed by atoms with E-state index in [0.717, 1.165) is 50.7 Å². The number of nitrogens with one attached hydrogen (secondary N) is 2. The number of nitrogens with zero attached hydrogens (tertiary/aromatic N) is 4. The number of hydrogen-bond donors (Lipinski definition) is 3. The summed E-state index contributed by atoms with van der Waals surface area (Å²) in [6.45, 7) is 1.99. The van der Waals surface area contributed by atoms with Gasteiger partial charge in [0.15, 0.2) is 5.01 Å². The number of aryl methyl sites for hydroxylation is 1. The fraction of sp³-hybridized carbons (Fsp3) is 0.429. The zero-order valence-electron chi connectivity index (χ0n) is 26.9. The number of piperazine rings is 1. The van der Waals surface area contributed by atoms with Gasteiger partial charge in [0.2, 0.25) is 23.5 Å². The van der Waals surface area contributed by atoms with Crippen molar-refractivity contribution in [3.63, 3.8) is 0 Å². The van der Waals surface area contributed by atoms with Crippen LogP contribution in [-0.4, -0.2) is 101 Å². The Labute approximate surface area is 280 Å².